The Morgan fingerprint density at radius 1 is 1.13 bits per heavy atom. The van der Waals surface area contributed by atoms with Gasteiger partial charge in [0, 0.05) is 6.42 Å². The Labute approximate surface area is 141 Å². The highest BCUT2D eigenvalue weighted by atomic mass is 16.1. The van der Waals surface area contributed by atoms with Gasteiger partial charge in [-0.1, -0.05) is 37.5 Å². The summed E-state index contributed by atoms with van der Waals surface area (Å²) in [4.78, 5) is 11.8. The highest BCUT2D eigenvalue weighted by molar-refractivity contribution is 5.91. The second kappa shape index (κ2) is 5.90. The van der Waals surface area contributed by atoms with Crippen LogP contribution in [0, 0.1) is 29.1 Å². The van der Waals surface area contributed by atoms with E-state index in [0.717, 1.165) is 36.5 Å². The molecule has 0 aromatic heterocycles. The molecule has 3 saturated carbocycles. The number of carbonyl (C=O) groups excluding carboxylic acids is 1. The van der Waals surface area contributed by atoms with Gasteiger partial charge < -0.3 is 0 Å². The van der Waals surface area contributed by atoms with Crippen molar-refractivity contribution in [1.82, 2.24) is 0 Å². The Hall–Kier alpha value is -0.850. The maximum atomic E-state index is 11.8. The minimum absolute atomic E-state index is 0.390. The van der Waals surface area contributed by atoms with E-state index in [4.69, 9.17) is 0 Å². The van der Waals surface area contributed by atoms with Gasteiger partial charge in [0.15, 0.2) is 5.78 Å². The van der Waals surface area contributed by atoms with Crippen LogP contribution in [0.25, 0.3) is 0 Å². The molecule has 23 heavy (non-hydrogen) atoms. The molecule has 1 heteroatoms. The van der Waals surface area contributed by atoms with Crippen molar-refractivity contribution in [2.24, 2.45) is 29.1 Å². The minimum atomic E-state index is 0.390. The molecule has 0 amide bonds. The summed E-state index contributed by atoms with van der Waals surface area (Å²) in [6.45, 7) is 4.88. The van der Waals surface area contributed by atoms with Gasteiger partial charge >= 0.3 is 0 Å². The fourth-order valence-electron chi connectivity index (χ4n) is 6.68. The molecule has 0 N–H and O–H groups in total. The molecule has 5 atom stereocenters. The van der Waals surface area contributed by atoms with E-state index in [2.05, 4.69) is 19.9 Å². The lowest BCUT2D eigenvalue weighted by Crippen LogP contribution is -2.45. The number of rotatable bonds is 2. The van der Waals surface area contributed by atoms with Crippen molar-refractivity contribution in [2.75, 3.05) is 0 Å². The molecule has 0 spiro atoms. The molecule has 0 heterocycles. The summed E-state index contributed by atoms with van der Waals surface area (Å²) >= 11 is 0. The van der Waals surface area contributed by atoms with Gasteiger partial charge in [-0.3, -0.25) is 4.79 Å². The number of hydrogen-bond donors (Lipinski definition) is 0. The summed E-state index contributed by atoms with van der Waals surface area (Å²) in [6.07, 6.45) is 17.3. The average molecular weight is 312 g/mol. The standard InChI is InChI=1S/C22H32O/c1-3-4-5-16-7-11-21-20-9-6-15-14-17(23)8-10-18(15)19(20)12-13-22(16,21)2/h5,14,18-21H,3-4,6-13H2,1-2H3/b16-5-/t18-,19?,20?,21?,22?/m0/s1. The quantitative estimate of drug-likeness (QED) is 0.584. The Balaban J connectivity index is 1.59. The van der Waals surface area contributed by atoms with Crippen molar-refractivity contribution >= 4 is 5.78 Å². The van der Waals surface area contributed by atoms with Crippen LogP contribution in [0.3, 0.4) is 0 Å². The zero-order valence-corrected chi connectivity index (χ0v) is 14.9. The normalized spacial score (nSPS) is 44.5. The molecule has 0 aliphatic heterocycles. The molecule has 4 rings (SSSR count). The van der Waals surface area contributed by atoms with E-state index < -0.39 is 0 Å². The number of ketones is 1. The summed E-state index contributed by atoms with van der Waals surface area (Å²) in [5, 5.41) is 0. The predicted molar refractivity (Wildman–Crippen MR) is 95.1 cm³/mol. The maximum absolute atomic E-state index is 11.8. The Kier molecular flexibility index (Phi) is 4.02. The van der Waals surface area contributed by atoms with Gasteiger partial charge in [-0.05, 0) is 86.5 Å². The maximum Gasteiger partial charge on any atom is 0.155 e. The first-order chi connectivity index (χ1) is 11.1. The lowest BCUT2D eigenvalue weighted by atomic mass is 9.52. The van der Waals surface area contributed by atoms with Crippen LogP contribution in [-0.2, 0) is 4.79 Å². The van der Waals surface area contributed by atoms with Crippen LogP contribution < -0.4 is 0 Å². The first-order valence-corrected chi connectivity index (χ1v) is 10.1. The summed E-state index contributed by atoms with van der Waals surface area (Å²) in [5.74, 6) is 3.87. The monoisotopic (exact) mass is 312 g/mol. The molecule has 0 aromatic carbocycles. The summed E-state index contributed by atoms with van der Waals surface area (Å²) in [6, 6.07) is 0. The van der Waals surface area contributed by atoms with Gasteiger partial charge in [0.2, 0.25) is 0 Å². The third-order valence-electron chi connectivity index (χ3n) is 7.83. The fourth-order valence-corrected chi connectivity index (χ4v) is 6.68. The van der Waals surface area contributed by atoms with Crippen molar-refractivity contribution in [3.05, 3.63) is 23.3 Å². The molecule has 1 nitrogen and oxygen atoms in total. The van der Waals surface area contributed by atoms with Crippen LogP contribution in [0.2, 0.25) is 0 Å². The smallest absolute Gasteiger partial charge is 0.155 e. The SMILES string of the molecule is CCC/C=C1/CCC2C3CCC4=CC(=O)CC[C@@H]4C3CCC12C. The molecule has 0 aromatic rings. The van der Waals surface area contributed by atoms with Crippen LogP contribution in [0.4, 0.5) is 0 Å². The van der Waals surface area contributed by atoms with Gasteiger partial charge in [-0.15, -0.1) is 0 Å². The van der Waals surface area contributed by atoms with Crippen molar-refractivity contribution in [3.63, 3.8) is 0 Å². The number of allylic oxidation sites excluding steroid dienone is 3. The van der Waals surface area contributed by atoms with Crippen molar-refractivity contribution in [1.29, 1.82) is 0 Å². The van der Waals surface area contributed by atoms with E-state index in [1.54, 1.807) is 5.57 Å². The lowest BCUT2D eigenvalue weighted by molar-refractivity contribution is -0.115. The molecular formula is C22H32O. The Bertz CT molecular complexity index is 554. The van der Waals surface area contributed by atoms with E-state index in [9.17, 15) is 4.79 Å². The van der Waals surface area contributed by atoms with Crippen LogP contribution in [-0.4, -0.2) is 5.78 Å². The van der Waals surface area contributed by atoms with E-state index in [1.807, 2.05) is 6.08 Å². The van der Waals surface area contributed by atoms with Gasteiger partial charge in [0.1, 0.15) is 0 Å². The third-order valence-corrected chi connectivity index (χ3v) is 7.83. The lowest BCUT2D eigenvalue weighted by Gasteiger charge is -2.53. The first-order valence-electron chi connectivity index (χ1n) is 10.1. The summed E-state index contributed by atoms with van der Waals surface area (Å²) in [5.41, 5.74) is 3.82. The second-order valence-electron chi connectivity index (χ2n) is 8.82. The first kappa shape index (κ1) is 15.7. The van der Waals surface area contributed by atoms with E-state index in [1.165, 1.54) is 56.9 Å². The van der Waals surface area contributed by atoms with Gasteiger partial charge in [0.05, 0.1) is 0 Å². The Morgan fingerprint density at radius 2 is 2.00 bits per heavy atom. The highest BCUT2D eigenvalue weighted by Crippen LogP contribution is 2.63. The van der Waals surface area contributed by atoms with Crippen LogP contribution in [0.1, 0.15) is 78.1 Å². The number of unbranched alkanes of at least 4 members (excludes halogenated alkanes) is 1. The Morgan fingerprint density at radius 3 is 2.83 bits per heavy atom. The van der Waals surface area contributed by atoms with Crippen molar-refractivity contribution in [2.45, 2.75) is 78.1 Å². The number of hydrogen-bond acceptors (Lipinski definition) is 1. The largest absolute Gasteiger partial charge is 0.295 e. The molecule has 3 fully saturated rings. The molecular weight excluding hydrogens is 280 g/mol. The van der Waals surface area contributed by atoms with Gasteiger partial charge in [-0.25, -0.2) is 0 Å². The molecule has 4 aliphatic rings. The van der Waals surface area contributed by atoms with E-state index in [0.29, 0.717) is 11.2 Å². The van der Waals surface area contributed by atoms with E-state index in [-0.39, 0.29) is 0 Å². The second-order valence-corrected chi connectivity index (χ2v) is 8.82. The molecule has 4 unspecified atom stereocenters. The number of fused-ring (bicyclic) bond motifs is 5. The summed E-state index contributed by atoms with van der Waals surface area (Å²) in [7, 11) is 0. The zero-order valence-electron chi connectivity index (χ0n) is 14.9. The molecule has 4 aliphatic carbocycles. The zero-order chi connectivity index (χ0) is 16.0. The number of carbonyl (C=O) groups is 1. The van der Waals surface area contributed by atoms with Crippen molar-refractivity contribution in [3.8, 4) is 0 Å². The van der Waals surface area contributed by atoms with Gasteiger partial charge in [-0.2, -0.15) is 0 Å². The predicted octanol–water partition coefficient (Wildman–Crippen LogP) is 5.85. The molecule has 0 radical (unpaired) electrons. The highest BCUT2D eigenvalue weighted by Gasteiger charge is 2.54. The fraction of sp³-hybridized carbons (Fsp3) is 0.773. The molecule has 0 bridgehead atoms. The van der Waals surface area contributed by atoms with Crippen molar-refractivity contribution < 1.29 is 4.79 Å². The van der Waals surface area contributed by atoms with Crippen LogP contribution in [0.15, 0.2) is 23.3 Å². The average Bonchev–Trinajstić information content (AvgIpc) is 2.89. The molecule has 126 valence electrons. The van der Waals surface area contributed by atoms with E-state index >= 15 is 0 Å². The topological polar surface area (TPSA) is 17.1 Å². The summed E-state index contributed by atoms with van der Waals surface area (Å²) < 4.78 is 0. The van der Waals surface area contributed by atoms with Gasteiger partial charge in [0.25, 0.3) is 0 Å². The van der Waals surface area contributed by atoms with Crippen LogP contribution in [0.5, 0.6) is 0 Å². The van der Waals surface area contributed by atoms with Crippen LogP contribution >= 0.6 is 0 Å². The minimum Gasteiger partial charge on any atom is -0.295 e. The molecule has 0 saturated heterocycles. The third kappa shape index (κ3) is 2.46.